The van der Waals surface area contributed by atoms with Crippen molar-refractivity contribution in [2.24, 2.45) is 0 Å². The lowest BCUT2D eigenvalue weighted by Gasteiger charge is -2.49. The summed E-state index contributed by atoms with van der Waals surface area (Å²) in [6.45, 7) is -3.26. The Bertz CT molecular complexity index is 2580. The van der Waals surface area contributed by atoms with E-state index < -0.39 is 210 Å². The van der Waals surface area contributed by atoms with Crippen LogP contribution in [0.5, 0.6) is 0 Å². The number of hydrogen-bond donors (Lipinski definition) is 16. The summed E-state index contributed by atoms with van der Waals surface area (Å²) >= 11 is 0. The molecule has 20 atom stereocenters. The zero-order valence-corrected chi connectivity index (χ0v) is 38.8. The van der Waals surface area contributed by atoms with Gasteiger partial charge in [0, 0.05) is 0 Å². The van der Waals surface area contributed by atoms with Crippen molar-refractivity contribution >= 4 is 74.1 Å². The highest BCUT2D eigenvalue weighted by Crippen LogP contribution is 2.36. The third-order valence-electron chi connectivity index (χ3n) is 9.59. The Morgan fingerprint density at radius 3 is 1.23 bits per heavy atom. The van der Waals surface area contributed by atoms with E-state index in [9.17, 15) is 119 Å². The van der Waals surface area contributed by atoms with Gasteiger partial charge in [0.1, 0.15) is 73.1 Å². The normalized spacial score (nSPS) is 39.2. The lowest BCUT2D eigenvalue weighted by Crippen LogP contribution is -2.70. The Morgan fingerprint density at radius 2 is 0.803 bits per heavy atom. The largest absolute Gasteiger partial charge is 0.479 e. The van der Waals surface area contributed by atoms with Crippen molar-refractivity contribution in [1.29, 1.82) is 0 Å². The number of aliphatic hydroxyl groups is 6. The molecule has 71 heavy (non-hydrogen) atoms. The summed E-state index contributed by atoms with van der Waals surface area (Å²) in [7, 11) is -34.2. The highest BCUT2D eigenvalue weighted by molar-refractivity contribution is 7.84. The van der Waals surface area contributed by atoms with Gasteiger partial charge in [0.2, 0.25) is 0 Å². The van der Waals surface area contributed by atoms with Gasteiger partial charge in [0.25, 0.3) is 0 Å². The summed E-state index contributed by atoms with van der Waals surface area (Å²) in [5.41, 5.74) is 0. The average molecular weight is 1170 g/mol. The Balaban J connectivity index is 1.80. The average Bonchev–Trinajstić information content (AvgIpc) is 3.17. The molecule has 4 fully saturated rings. The summed E-state index contributed by atoms with van der Waals surface area (Å²) in [5.74, 6) is -4.58. The quantitative estimate of drug-likeness (QED) is 0.0448. The van der Waals surface area contributed by atoms with Gasteiger partial charge in [-0.05, 0) is 0 Å². The van der Waals surface area contributed by atoms with Crippen molar-refractivity contribution < 1.29 is 178 Å². The van der Waals surface area contributed by atoms with E-state index >= 15 is 0 Å². The number of aliphatic carboxylic acids is 2. The van der Waals surface area contributed by atoms with Crippen LogP contribution in [-0.2, 0) is 122 Å². The van der Waals surface area contributed by atoms with Crippen LogP contribution < -0.4 is 9.44 Å². The minimum absolute atomic E-state index is 1.22. The molecule has 2 unspecified atom stereocenters. The third kappa shape index (κ3) is 17.3. The number of carboxylic acids is 2. The molecule has 4 saturated heterocycles. The van der Waals surface area contributed by atoms with E-state index in [1.165, 1.54) is 9.44 Å². The summed E-state index contributed by atoms with van der Waals surface area (Å²) < 4.78 is 252. The predicted octanol–water partition coefficient (Wildman–Crippen LogP) is -11.5. The molecule has 0 aliphatic carbocycles. The van der Waals surface area contributed by atoms with Gasteiger partial charge in [-0.1, -0.05) is 0 Å². The van der Waals surface area contributed by atoms with Crippen LogP contribution in [0, 0.1) is 0 Å². The Kier molecular flexibility index (Phi) is 19.7. The van der Waals surface area contributed by atoms with Gasteiger partial charge in [-0.25, -0.2) is 26.3 Å². The molecular formula is C24H40N2O39S6. The van der Waals surface area contributed by atoms with Crippen LogP contribution in [0.2, 0.25) is 0 Å². The predicted molar refractivity (Wildman–Crippen MR) is 202 cm³/mol. The van der Waals surface area contributed by atoms with Crippen LogP contribution in [-0.4, -0.2) is 267 Å². The number of carboxylic acid groups (broad SMARTS) is 2. The molecule has 47 heteroatoms. The Labute approximate surface area is 396 Å². The first kappa shape index (κ1) is 61.2. The minimum Gasteiger partial charge on any atom is -0.479 e. The van der Waals surface area contributed by atoms with Crippen molar-refractivity contribution in [3.8, 4) is 0 Å². The zero-order chi connectivity index (χ0) is 54.3. The van der Waals surface area contributed by atoms with Crippen molar-refractivity contribution in [1.82, 2.24) is 9.44 Å². The van der Waals surface area contributed by atoms with Gasteiger partial charge in [0.15, 0.2) is 49.6 Å². The standard InChI is InChI=1S/C24H40N2O39S6/c27-7-3(1-55-68(43,44)45)57-22(5(8(7)28)25-66(37,38)39)62-14-11(31)16(65-71(52,53)54)24(63-18(14)20(34)35)60-12-4(2-56-69(46,47)48)58-23(6(9(12)29)26-67(40,41)42)61-13-10(30)15(64-70(49,50)51)21(36)59-17(13)19(32)33/h3-18,21-31,36H,1-2H2,(H,32,33)(H,34,35)(H,37,38,39)(H,40,41,42)(H,43,44,45)(H,46,47,48)(H,49,50,51)(H,52,53,54)/t3-,4+,5+,6-,7-,8+,9?,10+,11+,12-,13+,14+,15-,16-,17?,18+,21-,22-,23-,24-/m0/s1. The summed E-state index contributed by atoms with van der Waals surface area (Å²) in [4.78, 5) is 24.7. The minimum atomic E-state index is -6.05. The van der Waals surface area contributed by atoms with E-state index in [1.54, 1.807) is 0 Å². The van der Waals surface area contributed by atoms with E-state index in [0.29, 0.717) is 0 Å². The molecular weight excluding hydrogens is 1130 g/mol. The fourth-order valence-corrected chi connectivity index (χ4v) is 9.63. The molecule has 16 N–H and O–H groups in total. The Hall–Kier alpha value is -2.36. The lowest BCUT2D eigenvalue weighted by molar-refractivity contribution is -0.366. The van der Waals surface area contributed by atoms with E-state index in [-0.39, 0.29) is 0 Å². The van der Waals surface area contributed by atoms with Crippen LogP contribution in [0.1, 0.15) is 0 Å². The highest BCUT2D eigenvalue weighted by Gasteiger charge is 2.59. The third-order valence-corrected chi connectivity index (χ3v) is 12.5. The monoisotopic (exact) mass is 1170 g/mol. The highest BCUT2D eigenvalue weighted by atomic mass is 32.3. The van der Waals surface area contributed by atoms with Crippen molar-refractivity contribution in [2.45, 2.75) is 123 Å². The molecule has 41 nitrogen and oxygen atoms in total. The fourth-order valence-electron chi connectivity index (χ4n) is 6.85. The maximum atomic E-state index is 12.7. The summed E-state index contributed by atoms with van der Waals surface area (Å²) in [6, 6.07) is -5.40. The number of carbonyl (C=O) groups is 2. The molecule has 0 spiro atoms. The molecule has 0 bridgehead atoms. The van der Waals surface area contributed by atoms with Crippen LogP contribution >= 0.6 is 0 Å². The van der Waals surface area contributed by atoms with Crippen LogP contribution in [0.4, 0.5) is 0 Å². The van der Waals surface area contributed by atoms with Gasteiger partial charge < -0.3 is 74.0 Å². The molecule has 0 amide bonds. The maximum absolute atomic E-state index is 12.7. The first-order valence-electron chi connectivity index (χ1n) is 18.2. The maximum Gasteiger partial charge on any atom is 0.397 e. The molecule has 4 aliphatic rings. The van der Waals surface area contributed by atoms with Gasteiger partial charge >= 0.3 is 74.1 Å². The van der Waals surface area contributed by atoms with Crippen LogP contribution in [0.25, 0.3) is 0 Å². The summed E-state index contributed by atoms with van der Waals surface area (Å²) in [5, 5.41) is 85.0. The molecule has 0 saturated carbocycles. The van der Waals surface area contributed by atoms with Crippen LogP contribution in [0.3, 0.4) is 0 Å². The molecule has 4 rings (SSSR count). The Morgan fingerprint density at radius 1 is 0.423 bits per heavy atom. The fraction of sp³-hybridized carbons (Fsp3) is 0.917. The number of ether oxygens (including phenoxy) is 7. The molecule has 0 aromatic heterocycles. The van der Waals surface area contributed by atoms with E-state index in [0.717, 1.165) is 0 Å². The van der Waals surface area contributed by atoms with Gasteiger partial charge in [-0.2, -0.15) is 60.0 Å². The molecule has 0 radical (unpaired) electrons. The summed E-state index contributed by atoms with van der Waals surface area (Å²) in [6.07, 6.45) is -50.4. The molecule has 0 aromatic carbocycles. The molecule has 4 aliphatic heterocycles. The first-order valence-corrected chi connectivity index (χ1v) is 26.6. The lowest BCUT2D eigenvalue weighted by atomic mass is 9.94. The number of hydrogen-bond acceptors (Lipinski definition) is 31. The van der Waals surface area contributed by atoms with E-state index in [1.807, 2.05) is 0 Å². The molecule has 0 aromatic rings. The molecule has 4 heterocycles. The number of rotatable bonds is 22. The van der Waals surface area contributed by atoms with Crippen molar-refractivity contribution in [3.05, 3.63) is 0 Å². The van der Waals surface area contributed by atoms with Gasteiger partial charge in [0.05, 0.1) is 13.2 Å². The second kappa shape index (κ2) is 22.9. The van der Waals surface area contributed by atoms with E-state index in [2.05, 4.69) is 21.5 Å². The van der Waals surface area contributed by atoms with Crippen LogP contribution in [0.15, 0.2) is 0 Å². The van der Waals surface area contributed by atoms with Gasteiger partial charge in [-0.3, -0.25) is 27.3 Å². The number of aliphatic hydroxyl groups excluding tert-OH is 6. The second-order valence-electron chi connectivity index (χ2n) is 14.5. The zero-order valence-electron chi connectivity index (χ0n) is 33.9. The van der Waals surface area contributed by atoms with Gasteiger partial charge in [-0.15, -0.1) is 0 Å². The topological polar surface area (TPSA) is 648 Å². The van der Waals surface area contributed by atoms with Crippen molar-refractivity contribution in [2.75, 3.05) is 13.2 Å². The SMILES string of the molecule is O=C(O)C1O[C@H](O)[C@@H](OS(=O)(=O)O)[C@H](O)[C@H]1O[C@@H]1O[C@H](COS(=O)(=O)O)[C@H](O[C@H]2O[C@@H](C(=O)O)[C@H](O[C@@H]3O[C@@H](COS(=O)(=O)O)[C@H](O)[C@H](O)[C@H]3NS(=O)(=O)O)[C@@H](O)[C@@H]2OS(=O)(=O)O)C(O)[C@@H]1NS(=O)(=O)O. The smallest absolute Gasteiger partial charge is 0.397 e. The molecule has 416 valence electrons. The van der Waals surface area contributed by atoms with E-state index in [4.69, 9.17) is 37.5 Å². The van der Waals surface area contributed by atoms with Crippen molar-refractivity contribution in [3.63, 3.8) is 0 Å². The number of nitrogens with one attached hydrogen (secondary N) is 2. The first-order chi connectivity index (χ1) is 32.1. The second-order valence-corrected chi connectivity index (χ2v) is 21.2.